The second-order valence-corrected chi connectivity index (χ2v) is 4.40. The van der Waals surface area contributed by atoms with Crippen molar-refractivity contribution in [2.75, 3.05) is 0 Å². The van der Waals surface area contributed by atoms with Gasteiger partial charge in [-0.1, -0.05) is 18.2 Å². The average Bonchev–Trinajstić information content (AvgIpc) is 2.96. The number of benzene rings is 1. The van der Waals surface area contributed by atoms with Gasteiger partial charge in [0.25, 0.3) is 0 Å². The lowest BCUT2D eigenvalue weighted by Gasteiger charge is -2.10. The van der Waals surface area contributed by atoms with Crippen LogP contribution >= 0.6 is 0 Å². The smallest absolute Gasteiger partial charge is 0.177 e. The highest BCUT2D eigenvalue weighted by Crippen LogP contribution is 2.21. The third-order valence-electron chi connectivity index (χ3n) is 3.21. The molecule has 6 nitrogen and oxygen atoms in total. The highest BCUT2D eigenvalue weighted by Gasteiger charge is 2.15. The van der Waals surface area contributed by atoms with Gasteiger partial charge in [-0.25, -0.2) is 9.97 Å². The summed E-state index contributed by atoms with van der Waals surface area (Å²) in [7, 11) is 0. The van der Waals surface area contributed by atoms with E-state index in [4.69, 9.17) is 11.0 Å². The number of nitrogens with two attached hydrogens (primary N) is 1. The summed E-state index contributed by atoms with van der Waals surface area (Å²) in [5.41, 5.74) is 7.61. The average molecular weight is 274 g/mol. The first-order chi connectivity index (χ1) is 10.3. The second kappa shape index (κ2) is 5.04. The van der Waals surface area contributed by atoms with E-state index in [-0.39, 0.29) is 17.9 Å². The minimum atomic E-state index is 0.0791. The number of imidazole rings is 1. The molecular weight excluding hydrogens is 264 g/mol. The van der Waals surface area contributed by atoms with Crippen LogP contribution in [0.25, 0.3) is 16.7 Å². The zero-order chi connectivity index (χ0) is 14.8. The van der Waals surface area contributed by atoms with Crippen molar-refractivity contribution < 1.29 is 0 Å². The molecule has 0 saturated heterocycles. The van der Waals surface area contributed by atoms with Crippen LogP contribution in [0.2, 0.25) is 0 Å². The first-order valence-electron chi connectivity index (χ1n) is 6.25. The van der Waals surface area contributed by atoms with E-state index < -0.39 is 0 Å². The Balaban J connectivity index is 2.32. The van der Waals surface area contributed by atoms with E-state index in [0.29, 0.717) is 5.82 Å². The first-order valence-corrected chi connectivity index (χ1v) is 6.25. The third-order valence-corrected chi connectivity index (χ3v) is 3.21. The Morgan fingerprint density at radius 3 is 2.71 bits per heavy atom. The van der Waals surface area contributed by atoms with Gasteiger partial charge >= 0.3 is 0 Å². The molecule has 2 N–H and O–H groups in total. The van der Waals surface area contributed by atoms with Crippen molar-refractivity contribution in [3.63, 3.8) is 0 Å². The van der Waals surface area contributed by atoms with Crippen LogP contribution in [0.4, 0.5) is 0 Å². The lowest BCUT2D eigenvalue weighted by atomic mass is 10.1. The molecule has 0 atom stereocenters. The van der Waals surface area contributed by atoms with Crippen LogP contribution < -0.4 is 5.73 Å². The van der Waals surface area contributed by atoms with Crippen molar-refractivity contribution in [2.24, 2.45) is 5.73 Å². The lowest BCUT2D eigenvalue weighted by molar-refractivity contribution is 0.934. The molecule has 2 heterocycles. The van der Waals surface area contributed by atoms with E-state index >= 15 is 0 Å². The highest BCUT2D eigenvalue weighted by molar-refractivity contribution is 5.80. The minimum absolute atomic E-state index is 0.0791. The summed E-state index contributed by atoms with van der Waals surface area (Å²) in [5, 5.41) is 19.2. The number of para-hydroxylation sites is 1. The highest BCUT2D eigenvalue weighted by atomic mass is 15.1. The number of hydrogen-bond donors (Lipinski definition) is 1. The standard InChI is InChI=1S/C15H10N6/c16-6-11-5-10-3-1-2-4-12(10)20-15(11)21-9-19-13(7-17)14(21)8-18/h1-5,9H,6,16H2. The zero-order valence-electron chi connectivity index (χ0n) is 11.0. The fourth-order valence-corrected chi connectivity index (χ4v) is 2.21. The number of hydrogen-bond acceptors (Lipinski definition) is 5. The molecule has 0 saturated carbocycles. The second-order valence-electron chi connectivity index (χ2n) is 4.40. The summed E-state index contributed by atoms with van der Waals surface area (Å²) in [5.74, 6) is 0.529. The maximum atomic E-state index is 9.24. The van der Waals surface area contributed by atoms with Crippen LogP contribution in [-0.2, 0) is 6.54 Å². The molecule has 0 amide bonds. The van der Waals surface area contributed by atoms with Crippen molar-refractivity contribution in [1.29, 1.82) is 10.5 Å². The number of aromatic nitrogens is 3. The van der Waals surface area contributed by atoms with Crippen LogP contribution in [0.1, 0.15) is 17.0 Å². The van der Waals surface area contributed by atoms with Gasteiger partial charge in [0.05, 0.1) is 5.52 Å². The van der Waals surface area contributed by atoms with Crippen molar-refractivity contribution in [3.8, 4) is 18.0 Å². The Kier molecular flexibility index (Phi) is 3.07. The van der Waals surface area contributed by atoms with E-state index in [1.807, 2.05) is 42.5 Å². The fourth-order valence-electron chi connectivity index (χ4n) is 2.21. The molecule has 3 rings (SSSR count). The molecule has 0 aliphatic rings. The van der Waals surface area contributed by atoms with E-state index in [0.717, 1.165) is 16.5 Å². The van der Waals surface area contributed by atoms with Crippen LogP contribution in [-0.4, -0.2) is 14.5 Å². The third kappa shape index (κ3) is 2.00. The van der Waals surface area contributed by atoms with Crippen molar-refractivity contribution in [1.82, 2.24) is 14.5 Å². The summed E-state index contributed by atoms with van der Waals surface area (Å²) >= 11 is 0. The Labute approximate surface area is 120 Å². The van der Waals surface area contributed by atoms with Crippen LogP contribution in [0.15, 0.2) is 36.7 Å². The number of nitriles is 2. The van der Waals surface area contributed by atoms with E-state index in [1.165, 1.54) is 10.9 Å². The molecule has 3 aromatic rings. The van der Waals surface area contributed by atoms with E-state index in [2.05, 4.69) is 9.97 Å². The molecule has 0 unspecified atom stereocenters. The molecule has 21 heavy (non-hydrogen) atoms. The monoisotopic (exact) mass is 274 g/mol. The van der Waals surface area contributed by atoms with Crippen molar-refractivity contribution >= 4 is 10.9 Å². The van der Waals surface area contributed by atoms with E-state index in [1.54, 1.807) is 0 Å². The molecule has 0 aliphatic carbocycles. The van der Waals surface area contributed by atoms with Gasteiger partial charge < -0.3 is 5.73 Å². The summed E-state index contributed by atoms with van der Waals surface area (Å²) in [4.78, 5) is 8.49. The van der Waals surface area contributed by atoms with Gasteiger partial charge in [-0.05, 0) is 12.1 Å². The molecule has 0 aliphatic heterocycles. The molecular formula is C15H10N6. The van der Waals surface area contributed by atoms with Crippen LogP contribution in [0.5, 0.6) is 0 Å². The number of rotatable bonds is 2. The summed E-state index contributed by atoms with van der Waals surface area (Å²) in [6.45, 7) is 0.276. The normalized spacial score (nSPS) is 10.2. The molecule has 0 radical (unpaired) electrons. The van der Waals surface area contributed by atoms with Gasteiger partial charge in [0.1, 0.15) is 24.3 Å². The molecule has 0 bridgehead atoms. The quantitative estimate of drug-likeness (QED) is 0.764. The Hall–Kier alpha value is -3.22. The van der Waals surface area contributed by atoms with Gasteiger partial charge in [0, 0.05) is 17.5 Å². The van der Waals surface area contributed by atoms with Crippen LogP contribution in [0.3, 0.4) is 0 Å². The molecule has 0 spiro atoms. The molecule has 6 heteroatoms. The first kappa shape index (κ1) is 12.8. The van der Waals surface area contributed by atoms with Gasteiger partial charge in [0.2, 0.25) is 0 Å². The molecule has 100 valence electrons. The largest absolute Gasteiger partial charge is 0.326 e. The summed E-state index contributed by atoms with van der Waals surface area (Å²) in [6.07, 6.45) is 1.42. The Morgan fingerprint density at radius 1 is 1.19 bits per heavy atom. The summed E-state index contributed by atoms with van der Waals surface area (Å²) in [6, 6.07) is 13.5. The predicted octanol–water partition coefficient (Wildman–Crippen LogP) is 1.62. The molecule has 0 fully saturated rings. The van der Waals surface area contributed by atoms with Gasteiger partial charge in [-0.15, -0.1) is 0 Å². The van der Waals surface area contributed by atoms with Crippen molar-refractivity contribution in [2.45, 2.75) is 6.54 Å². The maximum Gasteiger partial charge on any atom is 0.177 e. The topological polar surface area (TPSA) is 104 Å². The van der Waals surface area contributed by atoms with Crippen LogP contribution in [0, 0.1) is 22.7 Å². The fraction of sp³-hybridized carbons (Fsp3) is 0.0667. The number of pyridine rings is 1. The summed E-state index contributed by atoms with van der Waals surface area (Å²) < 4.78 is 1.51. The molecule has 1 aromatic carbocycles. The van der Waals surface area contributed by atoms with Gasteiger partial charge in [-0.2, -0.15) is 10.5 Å². The number of nitrogens with zero attached hydrogens (tertiary/aromatic N) is 5. The number of fused-ring (bicyclic) bond motifs is 1. The Morgan fingerprint density at radius 2 is 2.00 bits per heavy atom. The van der Waals surface area contributed by atoms with E-state index in [9.17, 15) is 5.26 Å². The van der Waals surface area contributed by atoms with Gasteiger partial charge in [0.15, 0.2) is 11.4 Å². The SMILES string of the molecule is N#Cc1ncn(-c2nc3ccccc3cc2CN)c1C#N. The van der Waals surface area contributed by atoms with Crippen molar-refractivity contribution in [3.05, 3.63) is 53.6 Å². The van der Waals surface area contributed by atoms with Gasteiger partial charge in [-0.3, -0.25) is 4.57 Å². The zero-order valence-corrected chi connectivity index (χ0v) is 11.0. The predicted molar refractivity (Wildman–Crippen MR) is 76.2 cm³/mol. The Bertz CT molecular complexity index is 910. The molecule has 2 aromatic heterocycles. The minimum Gasteiger partial charge on any atom is -0.326 e. The maximum absolute atomic E-state index is 9.24. The lowest BCUT2D eigenvalue weighted by Crippen LogP contribution is -2.08.